The molecule has 1 radical (unpaired) electrons. The third-order valence-corrected chi connectivity index (χ3v) is 0. The quantitative estimate of drug-likeness (QED) is 0.117. The number of hydrogen-bond donors (Lipinski definition) is 6. The van der Waals surface area contributed by atoms with Gasteiger partial charge in [0.2, 0.25) is 0 Å². The zero-order chi connectivity index (χ0) is 9.00. The van der Waals surface area contributed by atoms with Crippen LogP contribution in [-0.4, -0.2) is 176 Å². The van der Waals surface area contributed by atoms with E-state index in [1.54, 1.807) is 0 Å². The average molecular weight is 934 g/mol. The molecule has 0 aromatic rings. The van der Waals surface area contributed by atoms with Gasteiger partial charge in [-0.2, -0.15) is 0 Å². The summed E-state index contributed by atoms with van der Waals surface area (Å²) in [6.45, 7) is 0. The molecule has 8 nitrogen and oxygen atoms in total. The zero-order valence-corrected chi connectivity index (χ0v) is 28.1. The Morgan fingerprint density at radius 3 is 0.625 bits per heavy atom. The van der Waals surface area contributed by atoms with Crippen molar-refractivity contribution < 1.29 is 187 Å². The maximum Gasteiger partial charge on any atom is 2.00 e. The first-order valence-corrected chi connectivity index (χ1v) is 4.70. The van der Waals surface area contributed by atoms with Crippen molar-refractivity contribution in [1.82, 2.24) is 0 Å². The van der Waals surface area contributed by atoms with Crippen LogP contribution in [0.1, 0.15) is 8.56 Å². The Labute approximate surface area is 338 Å². The molecule has 16 heteroatoms. The van der Waals surface area contributed by atoms with Crippen LogP contribution in [0.2, 0.25) is 0 Å². The molecular formula is H12Ba3EuKr2O8P2. The first-order chi connectivity index (χ1) is 4.00. The molecule has 0 aliphatic heterocycles. The van der Waals surface area contributed by atoms with Gasteiger partial charge in [-0.05, 0) is 0 Å². The molecule has 0 rings (SSSR count). The van der Waals surface area contributed by atoms with Gasteiger partial charge in [-0.1, -0.05) is 0 Å². The van der Waals surface area contributed by atoms with Gasteiger partial charge in [0.1, 0.15) is 0 Å². The molecule has 0 amide bonds. The summed E-state index contributed by atoms with van der Waals surface area (Å²) in [6.07, 6.45) is 0. The van der Waals surface area contributed by atoms with Gasteiger partial charge in [0, 0.05) is 140 Å². The van der Waals surface area contributed by atoms with Gasteiger partial charge >= 0.3 is 162 Å². The molecule has 0 aromatic heterocycles. The van der Waals surface area contributed by atoms with E-state index in [0.717, 1.165) is 0 Å². The van der Waals surface area contributed by atoms with Gasteiger partial charge in [-0.25, -0.2) is 9.13 Å². The van der Waals surface area contributed by atoms with Crippen molar-refractivity contribution in [2.24, 2.45) is 0 Å². The fourth-order valence-electron chi connectivity index (χ4n) is 0. The van der Waals surface area contributed by atoms with Crippen molar-refractivity contribution in [2.75, 3.05) is 0 Å². The molecule has 0 aliphatic rings. The first-order valence-electron chi connectivity index (χ1n) is 1.57. The maximum absolute atomic E-state index is 8.88. The van der Waals surface area contributed by atoms with E-state index in [1.807, 2.05) is 0 Å². The molecular weight excluding hydrogens is 921 g/mol. The van der Waals surface area contributed by atoms with Crippen LogP contribution < -0.4 is 0 Å². The number of hydrogen-bond acceptors (Lipinski definition) is 2. The van der Waals surface area contributed by atoms with E-state index in [9.17, 15) is 0 Å². The Kier molecular flexibility index (Phi) is 91.4. The Balaban J connectivity index is -0.00000000314. The maximum atomic E-state index is 8.88. The summed E-state index contributed by atoms with van der Waals surface area (Å²) >= 11 is 0. The molecule has 0 saturated carbocycles. The van der Waals surface area contributed by atoms with Crippen LogP contribution in [-0.2, 0) is 9.13 Å². The molecule has 0 spiro atoms. The standard InChI is InChI=1S/3Ba.Eu.2Kr.2H3O4P.6H/c;;;;;;2*1-5(2,3)4;;;;;;/h;;;;;;2*(H3,1,2,3,4);;;;;;/q3*+2;;;;;;6*-1. The van der Waals surface area contributed by atoms with Gasteiger partial charge in [-0.3, -0.25) is 0 Å². The van der Waals surface area contributed by atoms with Gasteiger partial charge in [-0.15, -0.1) is 0 Å². The summed E-state index contributed by atoms with van der Waals surface area (Å²) in [4.78, 5) is 43.1. The van der Waals surface area contributed by atoms with Crippen LogP contribution in [0.25, 0.3) is 0 Å². The summed E-state index contributed by atoms with van der Waals surface area (Å²) in [6, 6.07) is 0. The molecule has 6 N–H and O–H groups in total. The second kappa shape index (κ2) is 29.3. The van der Waals surface area contributed by atoms with E-state index in [0.29, 0.717) is 0 Å². The second-order valence-electron chi connectivity index (χ2n) is 1.03. The topological polar surface area (TPSA) is 156 Å². The van der Waals surface area contributed by atoms with Crippen molar-refractivity contribution in [2.45, 2.75) is 0 Å². The zero-order valence-electron chi connectivity index (χ0n) is 13.6. The Morgan fingerprint density at radius 2 is 0.625 bits per heavy atom. The van der Waals surface area contributed by atoms with Crippen LogP contribution in [0.3, 0.4) is 0 Å². The van der Waals surface area contributed by atoms with E-state index in [2.05, 4.69) is 0 Å². The van der Waals surface area contributed by atoms with Crippen molar-refractivity contribution in [3.05, 3.63) is 0 Å². The Bertz CT molecular complexity index is 162. The van der Waals surface area contributed by atoms with Crippen molar-refractivity contribution in [3.63, 3.8) is 0 Å². The largest absolute Gasteiger partial charge is 2.00 e. The predicted octanol–water partition coefficient (Wildman–Crippen LogP) is -2.32. The van der Waals surface area contributed by atoms with E-state index in [-0.39, 0.29) is 296 Å². The molecule has 0 fully saturated rings. The first kappa shape index (κ1) is 50.0. The van der Waals surface area contributed by atoms with Crippen molar-refractivity contribution >= 4 is 162 Å². The van der Waals surface area contributed by atoms with Crippen LogP contribution >= 0.6 is 15.6 Å². The third-order valence-electron chi connectivity index (χ3n) is 0. The molecule has 0 bridgehead atoms. The summed E-state index contributed by atoms with van der Waals surface area (Å²) in [5.41, 5.74) is 0. The van der Waals surface area contributed by atoms with E-state index in [4.69, 9.17) is 38.5 Å². The summed E-state index contributed by atoms with van der Waals surface area (Å²) in [5, 5.41) is 0. The summed E-state index contributed by atoms with van der Waals surface area (Å²) < 4.78 is 17.8. The summed E-state index contributed by atoms with van der Waals surface area (Å²) in [7, 11) is -9.28. The fourth-order valence-corrected chi connectivity index (χ4v) is 0. The Morgan fingerprint density at radius 1 is 0.625 bits per heavy atom. The fraction of sp³-hybridized carbons (Fsp3) is 0. The Hall–Kier alpha value is 9.48. The van der Waals surface area contributed by atoms with Gasteiger partial charge in [0.05, 0.1) is 0 Å². The molecule has 0 unspecified atom stereocenters. The molecule has 16 heavy (non-hydrogen) atoms. The molecule has 0 aliphatic carbocycles. The number of phosphoric acid groups is 2. The molecule has 0 atom stereocenters. The predicted molar refractivity (Wildman–Crippen MR) is 52.5 cm³/mol. The molecule has 0 saturated heterocycles. The van der Waals surface area contributed by atoms with Gasteiger partial charge in [0.15, 0.2) is 0 Å². The average Bonchev–Trinajstić information content (AvgIpc) is 1.12. The van der Waals surface area contributed by atoms with Crippen molar-refractivity contribution in [1.29, 1.82) is 0 Å². The summed E-state index contributed by atoms with van der Waals surface area (Å²) in [5.74, 6) is 0. The van der Waals surface area contributed by atoms with E-state index >= 15 is 0 Å². The van der Waals surface area contributed by atoms with Crippen LogP contribution in [0, 0.1) is 140 Å². The second-order valence-corrected chi connectivity index (χ2v) is 3.08. The van der Waals surface area contributed by atoms with Crippen LogP contribution in [0.4, 0.5) is 0 Å². The molecule has 0 aromatic carbocycles. The minimum Gasteiger partial charge on any atom is -1.00 e. The third kappa shape index (κ3) is 132. The van der Waals surface area contributed by atoms with E-state index < -0.39 is 15.6 Å². The molecule has 99 valence electrons. The minimum absolute atomic E-state index is 0. The smallest absolute Gasteiger partial charge is 1.00 e. The number of rotatable bonds is 0. The SMILES string of the molecule is O=P(O)(O)O.O=P(O)(O)O.[Ba+2].[Ba+2].[Ba+2].[Eu].[H-].[H-].[H-].[H-].[H-].[H-].[Kr].[Kr]. The van der Waals surface area contributed by atoms with Crippen LogP contribution in [0.15, 0.2) is 0 Å². The monoisotopic (exact) mass is 936 g/mol. The van der Waals surface area contributed by atoms with Crippen LogP contribution in [0.5, 0.6) is 0 Å². The van der Waals surface area contributed by atoms with Gasteiger partial charge < -0.3 is 37.9 Å². The minimum atomic E-state index is -4.64. The van der Waals surface area contributed by atoms with Gasteiger partial charge in [0.25, 0.3) is 0 Å². The van der Waals surface area contributed by atoms with E-state index in [1.165, 1.54) is 0 Å². The normalized spacial score (nSPS) is 7.38. The molecule has 0 heterocycles. The van der Waals surface area contributed by atoms with Crippen molar-refractivity contribution in [3.8, 4) is 0 Å².